The van der Waals surface area contributed by atoms with E-state index in [2.05, 4.69) is 0 Å². The average molecular weight is 311 g/mol. The van der Waals surface area contributed by atoms with Crippen LogP contribution in [0.25, 0.3) is 11.1 Å². The number of aliphatic carboxylic acids is 1. The van der Waals surface area contributed by atoms with Crippen molar-refractivity contribution in [2.45, 2.75) is 18.6 Å². The number of aliphatic hydroxyl groups is 1. The number of benzene rings is 2. The van der Waals surface area contributed by atoms with E-state index >= 15 is 0 Å². The molecule has 1 saturated heterocycles. The number of amides is 1. The van der Waals surface area contributed by atoms with E-state index in [4.69, 9.17) is 0 Å². The molecule has 1 aliphatic rings. The van der Waals surface area contributed by atoms with Crippen molar-refractivity contribution in [2.75, 3.05) is 6.54 Å². The molecule has 3 rings (SSSR count). The maximum Gasteiger partial charge on any atom is 0.326 e. The fraction of sp³-hybridized carbons (Fsp3) is 0.222. The Kier molecular flexibility index (Phi) is 4.12. The summed E-state index contributed by atoms with van der Waals surface area (Å²) in [4.78, 5) is 25.0. The predicted molar refractivity (Wildman–Crippen MR) is 85.0 cm³/mol. The van der Waals surface area contributed by atoms with Crippen LogP contribution in [-0.4, -0.2) is 45.7 Å². The van der Waals surface area contributed by atoms with Crippen molar-refractivity contribution in [3.63, 3.8) is 0 Å². The lowest BCUT2D eigenvalue weighted by Gasteiger charge is -2.21. The van der Waals surface area contributed by atoms with E-state index in [9.17, 15) is 19.8 Å². The Morgan fingerprint density at radius 1 is 0.957 bits per heavy atom. The molecule has 2 aromatic carbocycles. The van der Waals surface area contributed by atoms with Gasteiger partial charge in [0.25, 0.3) is 5.91 Å². The molecule has 1 fully saturated rings. The Balaban J connectivity index is 1.82. The van der Waals surface area contributed by atoms with Crippen molar-refractivity contribution in [1.82, 2.24) is 4.90 Å². The molecule has 23 heavy (non-hydrogen) atoms. The Labute approximate surface area is 133 Å². The summed E-state index contributed by atoms with van der Waals surface area (Å²) in [7, 11) is 0. The van der Waals surface area contributed by atoms with Crippen LogP contribution in [0.3, 0.4) is 0 Å². The van der Waals surface area contributed by atoms with Crippen LogP contribution >= 0.6 is 0 Å². The number of nitrogens with zero attached hydrogens (tertiary/aromatic N) is 1. The number of carbonyl (C=O) groups is 2. The zero-order chi connectivity index (χ0) is 16.4. The van der Waals surface area contributed by atoms with E-state index in [-0.39, 0.29) is 18.9 Å². The number of likely N-dealkylation sites (tertiary alicyclic amines) is 1. The second kappa shape index (κ2) is 6.22. The smallest absolute Gasteiger partial charge is 0.326 e. The van der Waals surface area contributed by atoms with Crippen LogP contribution in [0.5, 0.6) is 0 Å². The molecule has 2 N–H and O–H groups in total. The topological polar surface area (TPSA) is 77.8 Å². The summed E-state index contributed by atoms with van der Waals surface area (Å²) in [6.07, 6.45) is -0.716. The van der Waals surface area contributed by atoms with Crippen LogP contribution in [-0.2, 0) is 4.79 Å². The molecule has 5 heteroatoms. The van der Waals surface area contributed by atoms with Gasteiger partial charge in [-0.25, -0.2) is 4.79 Å². The van der Waals surface area contributed by atoms with Crippen LogP contribution in [0.1, 0.15) is 16.8 Å². The standard InChI is InChI=1S/C18H17NO4/c20-15-10-16(18(22)23)19(11-15)17(21)14-8-6-13(7-9-14)12-4-2-1-3-5-12/h1-9,15-16,20H,10-11H2,(H,22,23)/t15-,16+/m1/s1. The summed E-state index contributed by atoms with van der Waals surface area (Å²) in [5.41, 5.74) is 2.45. The number of aliphatic hydroxyl groups excluding tert-OH is 1. The number of hydrogen-bond donors (Lipinski definition) is 2. The van der Waals surface area contributed by atoms with Crippen molar-refractivity contribution >= 4 is 11.9 Å². The van der Waals surface area contributed by atoms with Gasteiger partial charge in [-0.3, -0.25) is 4.79 Å². The Bertz CT molecular complexity index is 712. The van der Waals surface area contributed by atoms with Gasteiger partial charge in [-0.15, -0.1) is 0 Å². The maximum atomic E-state index is 12.5. The fourth-order valence-corrected chi connectivity index (χ4v) is 2.87. The lowest BCUT2D eigenvalue weighted by atomic mass is 10.0. The zero-order valence-electron chi connectivity index (χ0n) is 12.4. The highest BCUT2D eigenvalue weighted by atomic mass is 16.4. The van der Waals surface area contributed by atoms with Crippen LogP contribution in [0.2, 0.25) is 0 Å². The number of hydrogen-bond acceptors (Lipinski definition) is 3. The van der Waals surface area contributed by atoms with Gasteiger partial charge < -0.3 is 15.1 Å². The molecule has 5 nitrogen and oxygen atoms in total. The van der Waals surface area contributed by atoms with E-state index < -0.39 is 18.1 Å². The lowest BCUT2D eigenvalue weighted by molar-refractivity contribution is -0.141. The molecule has 0 saturated carbocycles. The van der Waals surface area contributed by atoms with Gasteiger partial charge >= 0.3 is 5.97 Å². The van der Waals surface area contributed by atoms with Gasteiger partial charge in [0, 0.05) is 18.5 Å². The minimum Gasteiger partial charge on any atom is -0.480 e. The van der Waals surface area contributed by atoms with Gasteiger partial charge in [-0.05, 0) is 23.3 Å². The van der Waals surface area contributed by atoms with Crippen molar-refractivity contribution < 1.29 is 19.8 Å². The molecule has 2 aromatic rings. The van der Waals surface area contributed by atoms with Crippen molar-refractivity contribution in [2.24, 2.45) is 0 Å². The lowest BCUT2D eigenvalue weighted by Crippen LogP contribution is -2.40. The van der Waals surface area contributed by atoms with Crippen LogP contribution in [0.4, 0.5) is 0 Å². The fourth-order valence-electron chi connectivity index (χ4n) is 2.87. The molecule has 0 bridgehead atoms. The van der Waals surface area contributed by atoms with E-state index in [1.807, 2.05) is 42.5 Å². The van der Waals surface area contributed by atoms with Crippen LogP contribution < -0.4 is 0 Å². The number of β-amino-alcohol motifs (C(OH)–C–C–N with tert-alkyl or cyclic N) is 1. The molecule has 0 aliphatic carbocycles. The molecule has 0 aromatic heterocycles. The summed E-state index contributed by atoms with van der Waals surface area (Å²) >= 11 is 0. The summed E-state index contributed by atoms with van der Waals surface area (Å²) < 4.78 is 0. The largest absolute Gasteiger partial charge is 0.480 e. The van der Waals surface area contributed by atoms with Gasteiger partial charge in [-0.1, -0.05) is 42.5 Å². The molecule has 2 atom stereocenters. The Morgan fingerprint density at radius 3 is 2.17 bits per heavy atom. The van der Waals surface area contributed by atoms with E-state index in [1.54, 1.807) is 12.1 Å². The monoisotopic (exact) mass is 311 g/mol. The zero-order valence-corrected chi connectivity index (χ0v) is 12.4. The summed E-state index contributed by atoms with van der Waals surface area (Å²) in [6.45, 7) is 0.0518. The first-order valence-corrected chi connectivity index (χ1v) is 7.43. The second-order valence-corrected chi connectivity index (χ2v) is 5.64. The van der Waals surface area contributed by atoms with Crippen molar-refractivity contribution in [3.05, 3.63) is 60.2 Å². The summed E-state index contributed by atoms with van der Waals surface area (Å²) in [5.74, 6) is -1.45. The third-order valence-corrected chi connectivity index (χ3v) is 4.06. The number of rotatable bonds is 3. The van der Waals surface area contributed by atoms with Gasteiger partial charge in [0.1, 0.15) is 6.04 Å². The molecular weight excluding hydrogens is 294 g/mol. The molecule has 0 radical (unpaired) electrons. The average Bonchev–Trinajstić information content (AvgIpc) is 2.97. The molecule has 118 valence electrons. The van der Waals surface area contributed by atoms with Crippen LogP contribution in [0, 0.1) is 0 Å². The van der Waals surface area contributed by atoms with Gasteiger partial charge in [0.05, 0.1) is 6.10 Å². The predicted octanol–water partition coefficient (Wildman–Crippen LogP) is 2.01. The van der Waals surface area contributed by atoms with E-state index in [0.717, 1.165) is 11.1 Å². The second-order valence-electron chi connectivity index (χ2n) is 5.64. The highest BCUT2D eigenvalue weighted by Crippen LogP contribution is 2.23. The number of carbonyl (C=O) groups excluding carboxylic acids is 1. The SMILES string of the molecule is O=C(O)[C@@H]1C[C@@H](O)CN1C(=O)c1ccc(-c2ccccc2)cc1. The van der Waals surface area contributed by atoms with Gasteiger partial charge in [0.2, 0.25) is 0 Å². The van der Waals surface area contributed by atoms with Gasteiger partial charge in [0.15, 0.2) is 0 Å². The molecule has 0 unspecified atom stereocenters. The first-order chi connectivity index (χ1) is 11.1. The first-order valence-electron chi connectivity index (χ1n) is 7.43. The Morgan fingerprint density at radius 2 is 1.57 bits per heavy atom. The Hall–Kier alpha value is -2.66. The minimum atomic E-state index is -1.09. The molecule has 0 spiro atoms. The molecule has 1 aliphatic heterocycles. The van der Waals surface area contributed by atoms with Crippen molar-refractivity contribution in [3.8, 4) is 11.1 Å². The van der Waals surface area contributed by atoms with Crippen LogP contribution in [0.15, 0.2) is 54.6 Å². The molecule has 1 amide bonds. The third kappa shape index (κ3) is 3.10. The quantitative estimate of drug-likeness (QED) is 0.909. The van der Waals surface area contributed by atoms with Crippen molar-refractivity contribution in [1.29, 1.82) is 0 Å². The summed E-state index contributed by atoms with van der Waals surface area (Å²) in [6, 6.07) is 15.9. The number of carboxylic acid groups (broad SMARTS) is 1. The van der Waals surface area contributed by atoms with E-state index in [1.165, 1.54) is 4.90 Å². The summed E-state index contributed by atoms with van der Waals surface area (Å²) in [5, 5.41) is 18.8. The molecular formula is C18H17NO4. The number of carboxylic acids is 1. The van der Waals surface area contributed by atoms with Gasteiger partial charge in [-0.2, -0.15) is 0 Å². The maximum absolute atomic E-state index is 12.5. The minimum absolute atomic E-state index is 0.0518. The normalized spacial score (nSPS) is 20.5. The first kappa shape index (κ1) is 15.2. The highest BCUT2D eigenvalue weighted by Gasteiger charge is 2.39. The third-order valence-electron chi connectivity index (χ3n) is 4.06. The van der Waals surface area contributed by atoms with E-state index in [0.29, 0.717) is 5.56 Å². The highest BCUT2D eigenvalue weighted by molar-refractivity contribution is 5.97. The molecule has 1 heterocycles.